The van der Waals surface area contributed by atoms with Crippen molar-refractivity contribution in [1.29, 1.82) is 0 Å². The number of nitrogens with one attached hydrogen (secondary N) is 1. The third-order valence-corrected chi connectivity index (χ3v) is 3.32. The summed E-state index contributed by atoms with van der Waals surface area (Å²) in [6.45, 7) is 6.36. The summed E-state index contributed by atoms with van der Waals surface area (Å²) in [4.78, 5) is 4.77. The third-order valence-electron chi connectivity index (χ3n) is 3.32. The van der Waals surface area contributed by atoms with E-state index in [-0.39, 0.29) is 5.54 Å². The number of nitrogens with zero attached hydrogens (tertiary/aromatic N) is 2. The van der Waals surface area contributed by atoms with Crippen molar-refractivity contribution in [3.63, 3.8) is 0 Å². The molecule has 17 heavy (non-hydrogen) atoms. The lowest BCUT2D eigenvalue weighted by molar-refractivity contribution is 0.316. The first kappa shape index (κ1) is 10.5. The van der Waals surface area contributed by atoms with Crippen molar-refractivity contribution in [2.24, 2.45) is 0 Å². The molecule has 1 N–H and O–H groups in total. The fourth-order valence-electron chi connectivity index (χ4n) is 2.40. The number of hydrogen-bond donors (Lipinski definition) is 1. The van der Waals surface area contributed by atoms with E-state index in [1.165, 1.54) is 5.56 Å². The van der Waals surface area contributed by atoms with Gasteiger partial charge >= 0.3 is 0 Å². The van der Waals surface area contributed by atoms with Crippen LogP contribution in [0.1, 0.15) is 19.7 Å². The van der Waals surface area contributed by atoms with Crippen LogP contribution in [-0.4, -0.2) is 16.1 Å². The second-order valence-corrected chi connectivity index (χ2v) is 5.06. The number of rotatable bonds is 1. The first-order valence-electron chi connectivity index (χ1n) is 6.05. The van der Waals surface area contributed by atoms with Crippen molar-refractivity contribution in [3.8, 4) is 11.3 Å². The third kappa shape index (κ3) is 1.76. The van der Waals surface area contributed by atoms with Crippen LogP contribution < -0.4 is 5.32 Å². The van der Waals surface area contributed by atoms with Crippen LogP contribution in [0.3, 0.4) is 0 Å². The van der Waals surface area contributed by atoms with Crippen LogP contribution in [0.15, 0.2) is 36.5 Å². The molecule has 3 rings (SSSR count). The summed E-state index contributed by atoms with van der Waals surface area (Å²) in [5, 5.41) is 3.50. The normalized spacial score (nSPS) is 17.8. The number of hydrogen-bond acceptors (Lipinski definition) is 2. The van der Waals surface area contributed by atoms with Crippen LogP contribution in [0.4, 0.5) is 0 Å². The van der Waals surface area contributed by atoms with Crippen molar-refractivity contribution in [2.75, 3.05) is 6.54 Å². The predicted octanol–water partition coefficient (Wildman–Crippen LogP) is 2.39. The van der Waals surface area contributed by atoms with Gasteiger partial charge in [0.05, 0.1) is 11.2 Å². The molecule has 0 unspecified atom stereocenters. The minimum absolute atomic E-state index is 0.0364. The average Bonchev–Trinajstić information content (AvgIpc) is 2.75. The van der Waals surface area contributed by atoms with Gasteiger partial charge in [-0.1, -0.05) is 30.3 Å². The molecule has 2 aromatic rings. The zero-order valence-corrected chi connectivity index (χ0v) is 10.3. The monoisotopic (exact) mass is 227 g/mol. The van der Waals surface area contributed by atoms with Gasteiger partial charge in [0.1, 0.15) is 5.82 Å². The van der Waals surface area contributed by atoms with Crippen LogP contribution in [-0.2, 0) is 12.1 Å². The van der Waals surface area contributed by atoms with E-state index < -0.39 is 0 Å². The van der Waals surface area contributed by atoms with Crippen LogP contribution in [0, 0.1) is 0 Å². The molecule has 3 nitrogen and oxygen atoms in total. The molecule has 0 fully saturated rings. The minimum Gasteiger partial charge on any atom is -0.331 e. The Morgan fingerprint density at radius 1 is 1.24 bits per heavy atom. The van der Waals surface area contributed by atoms with Crippen molar-refractivity contribution < 1.29 is 0 Å². The lowest BCUT2D eigenvalue weighted by atomic mass is 10.0. The Balaban J connectivity index is 2.08. The number of imidazole rings is 1. The fraction of sp³-hybridized carbons (Fsp3) is 0.357. The highest BCUT2D eigenvalue weighted by Gasteiger charge is 2.29. The van der Waals surface area contributed by atoms with Crippen molar-refractivity contribution in [2.45, 2.75) is 25.9 Å². The summed E-state index contributed by atoms with van der Waals surface area (Å²) >= 11 is 0. The maximum absolute atomic E-state index is 4.77. The van der Waals surface area contributed by atoms with Gasteiger partial charge in [-0.3, -0.25) is 0 Å². The second kappa shape index (κ2) is 3.70. The van der Waals surface area contributed by atoms with Gasteiger partial charge in [-0.2, -0.15) is 0 Å². The highest BCUT2D eigenvalue weighted by Crippen LogP contribution is 2.26. The molecule has 3 heteroatoms. The summed E-state index contributed by atoms with van der Waals surface area (Å²) in [5.74, 6) is 1.13. The first-order valence-corrected chi connectivity index (χ1v) is 6.05. The first-order chi connectivity index (χ1) is 8.17. The predicted molar refractivity (Wildman–Crippen MR) is 68.7 cm³/mol. The largest absolute Gasteiger partial charge is 0.331 e. The van der Waals surface area contributed by atoms with Gasteiger partial charge in [0.25, 0.3) is 0 Å². The standard InChI is InChI=1S/C14H17N3/c1-14(2)13-16-12(10-17(13)9-8-15-14)11-6-4-3-5-7-11/h3-7,10,15H,8-9H2,1-2H3. The molecule has 0 radical (unpaired) electrons. The molecule has 1 aromatic carbocycles. The SMILES string of the molecule is CC1(C)NCCn2cc(-c3ccccc3)nc21. The number of benzene rings is 1. The summed E-state index contributed by atoms with van der Waals surface area (Å²) in [6.07, 6.45) is 2.16. The van der Waals surface area contributed by atoms with E-state index in [0.717, 1.165) is 24.6 Å². The molecule has 88 valence electrons. The van der Waals surface area contributed by atoms with E-state index in [9.17, 15) is 0 Å². The smallest absolute Gasteiger partial charge is 0.129 e. The van der Waals surface area contributed by atoms with Crippen molar-refractivity contribution >= 4 is 0 Å². The molecule has 0 saturated carbocycles. The zero-order chi connectivity index (χ0) is 11.9. The molecule has 0 aliphatic carbocycles. The quantitative estimate of drug-likeness (QED) is 0.810. The fourth-order valence-corrected chi connectivity index (χ4v) is 2.40. The molecule has 1 aromatic heterocycles. The molecule has 0 bridgehead atoms. The lowest BCUT2D eigenvalue weighted by Gasteiger charge is -2.31. The van der Waals surface area contributed by atoms with Gasteiger partial charge in [0, 0.05) is 24.8 Å². The van der Waals surface area contributed by atoms with E-state index in [0.29, 0.717) is 0 Å². The Morgan fingerprint density at radius 3 is 2.71 bits per heavy atom. The van der Waals surface area contributed by atoms with E-state index >= 15 is 0 Å². The summed E-state index contributed by atoms with van der Waals surface area (Å²) < 4.78 is 2.26. The van der Waals surface area contributed by atoms with Gasteiger partial charge in [-0.15, -0.1) is 0 Å². The van der Waals surface area contributed by atoms with Gasteiger partial charge < -0.3 is 9.88 Å². The van der Waals surface area contributed by atoms with Gasteiger partial charge in [0.15, 0.2) is 0 Å². The molecule has 1 aliphatic rings. The van der Waals surface area contributed by atoms with Gasteiger partial charge in [-0.25, -0.2) is 4.98 Å². The van der Waals surface area contributed by atoms with Crippen molar-refractivity contribution in [3.05, 3.63) is 42.4 Å². The van der Waals surface area contributed by atoms with Crippen LogP contribution in [0.25, 0.3) is 11.3 Å². The van der Waals surface area contributed by atoms with E-state index in [4.69, 9.17) is 4.98 Å². The number of aromatic nitrogens is 2. The molecule has 2 heterocycles. The Bertz CT molecular complexity index is 526. The van der Waals surface area contributed by atoms with Gasteiger partial charge in [0.2, 0.25) is 0 Å². The minimum atomic E-state index is -0.0364. The van der Waals surface area contributed by atoms with Crippen molar-refractivity contribution in [1.82, 2.24) is 14.9 Å². The molecule has 1 aliphatic heterocycles. The molecule has 0 spiro atoms. The van der Waals surface area contributed by atoms with E-state index in [2.05, 4.69) is 54.2 Å². The Hall–Kier alpha value is -1.61. The topological polar surface area (TPSA) is 29.9 Å². The summed E-state index contributed by atoms with van der Waals surface area (Å²) in [6, 6.07) is 10.3. The maximum Gasteiger partial charge on any atom is 0.129 e. The Labute approximate surface area is 101 Å². The molecule has 0 amide bonds. The summed E-state index contributed by atoms with van der Waals surface area (Å²) in [7, 11) is 0. The maximum atomic E-state index is 4.77. The highest BCUT2D eigenvalue weighted by atomic mass is 15.2. The second-order valence-electron chi connectivity index (χ2n) is 5.06. The van der Waals surface area contributed by atoms with Crippen LogP contribution in [0.2, 0.25) is 0 Å². The molecule has 0 saturated heterocycles. The molecular weight excluding hydrogens is 210 g/mol. The zero-order valence-electron chi connectivity index (χ0n) is 10.3. The van der Waals surface area contributed by atoms with Gasteiger partial charge in [-0.05, 0) is 13.8 Å². The molecule has 0 atom stereocenters. The number of fused-ring (bicyclic) bond motifs is 1. The van der Waals surface area contributed by atoms with E-state index in [1.54, 1.807) is 0 Å². The molecular formula is C14H17N3. The summed E-state index contributed by atoms with van der Waals surface area (Å²) in [5.41, 5.74) is 2.22. The Kier molecular flexibility index (Phi) is 2.30. The van der Waals surface area contributed by atoms with Crippen LogP contribution in [0.5, 0.6) is 0 Å². The average molecular weight is 227 g/mol. The Morgan fingerprint density at radius 2 is 2.00 bits per heavy atom. The van der Waals surface area contributed by atoms with Crippen LogP contribution >= 0.6 is 0 Å². The highest BCUT2D eigenvalue weighted by molar-refractivity contribution is 5.58. The lowest BCUT2D eigenvalue weighted by Crippen LogP contribution is -2.45. The van der Waals surface area contributed by atoms with E-state index in [1.807, 2.05) is 6.07 Å².